The van der Waals surface area contributed by atoms with Crippen LogP contribution in [0.15, 0.2) is 83.4 Å². The summed E-state index contributed by atoms with van der Waals surface area (Å²) in [5.41, 5.74) is 2.88. The molecular weight excluding hydrogens is 544 g/mol. The fourth-order valence-electron chi connectivity index (χ4n) is 4.60. The van der Waals surface area contributed by atoms with Crippen molar-refractivity contribution in [2.45, 2.75) is 38.4 Å². The summed E-state index contributed by atoms with van der Waals surface area (Å²) in [5, 5.41) is 9.90. The normalized spacial score (nSPS) is 21.6. The molecule has 1 saturated heterocycles. The number of halogens is 2. The van der Waals surface area contributed by atoms with Crippen molar-refractivity contribution in [2.75, 3.05) is 6.61 Å². The summed E-state index contributed by atoms with van der Waals surface area (Å²) in [5.74, 6) is 0.831. The van der Waals surface area contributed by atoms with E-state index in [9.17, 15) is 9.90 Å². The molecule has 1 N–H and O–H groups in total. The molecule has 1 fully saturated rings. The Hall–Kier alpha value is -2.80. The van der Waals surface area contributed by atoms with Gasteiger partial charge in [0.2, 0.25) is 0 Å². The SMILES string of the molecule is C=C(C)[C@@H]1C[C@@H](c2ccc(Cl)cc2)[C@@H](C)O[C@H]1c1cc(Oc2ccc(Br)cc2)ccc1OCC(=O)O. The first kappa shape index (κ1) is 26.3. The molecule has 4 rings (SSSR count). The number of ether oxygens (including phenoxy) is 3. The van der Waals surface area contributed by atoms with Crippen molar-refractivity contribution < 1.29 is 24.1 Å². The van der Waals surface area contributed by atoms with Gasteiger partial charge in [0.15, 0.2) is 6.61 Å². The number of carboxylic acid groups (broad SMARTS) is 1. The number of benzene rings is 3. The molecule has 3 aromatic rings. The van der Waals surface area contributed by atoms with Gasteiger partial charge in [-0.3, -0.25) is 0 Å². The van der Waals surface area contributed by atoms with E-state index >= 15 is 0 Å². The summed E-state index contributed by atoms with van der Waals surface area (Å²) in [7, 11) is 0. The molecular formula is C29H28BrClO5. The van der Waals surface area contributed by atoms with Gasteiger partial charge in [-0.15, -0.1) is 0 Å². The second kappa shape index (κ2) is 11.5. The summed E-state index contributed by atoms with van der Waals surface area (Å²) >= 11 is 9.54. The molecule has 5 nitrogen and oxygen atoms in total. The minimum absolute atomic E-state index is 0.0167. The Labute approximate surface area is 224 Å². The van der Waals surface area contributed by atoms with Crippen LogP contribution in [-0.4, -0.2) is 23.8 Å². The molecule has 188 valence electrons. The van der Waals surface area contributed by atoms with Gasteiger partial charge in [0.05, 0.1) is 12.2 Å². The minimum atomic E-state index is -1.05. The number of aliphatic carboxylic acids is 1. The van der Waals surface area contributed by atoms with Crippen LogP contribution >= 0.6 is 27.5 Å². The van der Waals surface area contributed by atoms with E-state index in [0.717, 1.165) is 27.6 Å². The predicted molar refractivity (Wildman–Crippen MR) is 144 cm³/mol. The second-order valence-electron chi connectivity index (χ2n) is 9.05. The molecule has 0 amide bonds. The van der Waals surface area contributed by atoms with Gasteiger partial charge in [0.25, 0.3) is 0 Å². The third-order valence-corrected chi connectivity index (χ3v) is 7.20. The molecule has 1 aliphatic rings. The Kier molecular flexibility index (Phi) is 8.39. The van der Waals surface area contributed by atoms with Gasteiger partial charge in [-0.05, 0) is 80.4 Å². The summed E-state index contributed by atoms with van der Waals surface area (Å²) in [4.78, 5) is 11.2. The quantitative estimate of drug-likeness (QED) is 0.276. The average Bonchev–Trinajstić information content (AvgIpc) is 2.85. The topological polar surface area (TPSA) is 65.0 Å². The van der Waals surface area contributed by atoms with Gasteiger partial charge < -0.3 is 19.3 Å². The van der Waals surface area contributed by atoms with Crippen molar-refractivity contribution in [3.05, 3.63) is 99.5 Å². The number of hydrogen-bond donors (Lipinski definition) is 1. The van der Waals surface area contributed by atoms with E-state index in [0.29, 0.717) is 22.3 Å². The molecule has 0 aliphatic carbocycles. The zero-order valence-corrected chi connectivity index (χ0v) is 22.5. The second-order valence-corrected chi connectivity index (χ2v) is 10.4. The largest absolute Gasteiger partial charge is 0.482 e. The number of carbonyl (C=O) groups is 1. The molecule has 36 heavy (non-hydrogen) atoms. The number of rotatable bonds is 8. The highest BCUT2D eigenvalue weighted by atomic mass is 79.9. The fourth-order valence-corrected chi connectivity index (χ4v) is 4.99. The van der Waals surface area contributed by atoms with Crippen LogP contribution in [0, 0.1) is 5.92 Å². The van der Waals surface area contributed by atoms with Crippen LogP contribution in [0.2, 0.25) is 5.02 Å². The lowest BCUT2D eigenvalue weighted by atomic mass is 9.76. The van der Waals surface area contributed by atoms with Crippen LogP contribution in [0.25, 0.3) is 0 Å². The molecule has 0 spiro atoms. The van der Waals surface area contributed by atoms with E-state index in [1.54, 1.807) is 12.1 Å². The van der Waals surface area contributed by atoms with Crippen LogP contribution in [0.1, 0.15) is 43.4 Å². The van der Waals surface area contributed by atoms with Crippen LogP contribution in [-0.2, 0) is 9.53 Å². The number of carboxylic acids is 1. The molecule has 3 aromatic carbocycles. The maximum absolute atomic E-state index is 11.2. The van der Waals surface area contributed by atoms with Crippen molar-refractivity contribution in [1.29, 1.82) is 0 Å². The molecule has 1 heterocycles. The lowest BCUT2D eigenvalue weighted by molar-refractivity contribution is -0.139. The van der Waals surface area contributed by atoms with E-state index in [1.165, 1.54) is 0 Å². The highest BCUT2D eigenvalue weighted by Gasteiger charge is 2.39. The van der Waals surface area contributed by atoms with Crippen LogP contribution in [0.5, 0.6) is 17.2 Å². The van der Waals surface area contributed by atoms with Crippen molar-refractivity contribution in [3.8, 4) is 17.2 Å². The lowest BCUT2D eigenvalue weighted by Gasteiger charge is -2.42. The van der Waals surface area contributed by atoms with E-state index in [4.69, 9.17) is 25.8 Å². The molecule has 0 aromatic heterocycles. The fraction of sp³-hybridized carbons (Fsp3) is 0.276. The first-order valence-electron chi connectivity index (χ1n) is 11.7. The van der Waals surface area contributed by atoms with Crippen molar-refractivity contribution in [3.63, 3.8) is 0 Å². The zero-order valence-electron chi connectivity index (χ0n) is 20.1. The van der Waals surface area contributed by atoms with Gasteiger partial charge in [-0.2, -0.15) is 0 Å². The summed E-state index contributed by atoms with van der Waals surface area (Å²) in [6.07, 6.45) is 0.340. The minimum Gasteiger partial charge on any atom is -0.482 e. The van der Waals surface area contributed by atoms with Crippen molar-refractivity contribution in [1.82, 2.24) is 0 Å². The highest BCUT2D eigenvalue weighted by Crippen LogP contribution is 2.49. The molecule has 0 unspecified atom stereocenters. The first-order chi connectivity index (χ1) is 17.2. The maximum atomic E-state index is 11.2. The zero-order chi connectivity index (χ0) is 25.8. The molecule has 0 bridgehead atoms. The Morgan fingerprint density at radius 1 is 1.11 bits per heavy atom. The van der Waals surface area contributed by atoms with E-state index in [1.807, 2.05) is 61.5 Å². The maximum Gasteiger partial charge on any atom is 0.341 e. The molecule has 0 radical (unpaired) electrons. The third kappa shape index (κ3) is 6.30. The van der Waals surface area contributed by atoms with E-state index in [2.05, 4.69) is 29.4 Å². The van der Waals surface area contributed by atoms with Crippen molar-refractivity contribution >= 4 is 33.5 Å². The first-order valence-corrected chi connectivity index (χ1v) is 12.9. The summed E-state index contributed by atoms with van der Waals surface area (Å²) in [6, 6.07) is 20.8. The van der Waals surface area contributed by atoms with Crippen LogP contribution in [0.4, 0.5) is 0 Å². The number of hydrogen-bond acceptors (Lipinski definition) is 4. The molecule has 0 saturated carbocycles. The van der Waals surface area contributed by atoms with Gasteiger partial charge >= 0.3 is 5.97 Å². The van der Waals surface area contributed by atoms with E-state index < -0.39 is 12.6 Å². The predicted octanol–water partition coefficient (Wildman–Crippen LogP) is 8.18. The monoisotopic (exact) mass is 570 g/mol. The van der Waals surface area contributed by atoms with Gasteiger partial charge in [0, 0.05) is 26.9 Å². The standard InChI is InChI=1S/C29H28BrClO5/c1-17(2)24-15-25(19-4-8-21(31)9-5-19)18(3)35-29(24)26-14-23(12-13-27(26)34-16-28(32)33)36-22-10-6-20(30)7-11-22/h4-14,18,24-25,29H,1,15-16H2,2-3H3,(H,32,33)/t18-,24+,25-,29-/m1/s1. The third-order valence-electron chi connectivity index (χ3n) is 6.42. The molecule has 4 atom stereocenters. The Morgan fingerprint density at radius 2 is 1.78 bits per heavy atom. The smallest absolute Gasteiger partial charge is 0.341 e. The Morgan fingerprint density at radius 3 is 2.42 bits per heavy atom. The average molecular weight is 572 g/mol. The highest BCUT2D eigenvalue weighted by molar-refractivity contribution is 9.10. The summed E-state index contributed by atoms with van der Waals surface area (Å²) < 4.78 is 19.3. The Bertz CT molecular complexity index is 1230. The van der Waals surface area contributed by atoms with Gasteiger partial charge in [-0.25, -0.2) is 4.79 Å². The van der Waals surface area contributed by atoms with E-state index in [-0.39, 0.29) is 24.0 Å². The van der Waals surface area contributed by atoms with Gasteiger partial charge in [0.1, 0.15) is 17.2 Å². The van der Waals surface area contributed by atoms with Gasteiger partial charge in [-0.1, -0.05) is 51.8 Å². The van der Waals surface area contributed by atoms with Crippen LogP contribution < -0.4 is 9.47 Å². The van der Waals surface area contributed by atoms with Crippen molar-refractivity contribution in [2.24, 2.45) is 5.92 Å². The lowest BCUT2D eigenvalue weighted by Crippen LogP contribution is -2.34. The molecule has 1 aliphatic heterocycles. The molecule has 7 heteroatoms. The van der Waals surface area contributed by atoms with Crippen LogP contribution in [0.3, 0.4) is 0 Å². The summed E-state index contributed by atoms with van der Waals surface area (Å²) in [6.45, 7) is 7.85. The Balaban J connectivity index is 1.68.